The van der Waals surface area contributed by atoms with Gasteiger partial charge in [-0.15, -0.1) is 0 Å². The lowest BCUT2D eigenvalue weighted by atomic mass is 10.2. The standard InChI is InChI=1S/C9H12N2OS/c1-12-9-7(3-2-4-13)5-8(10)6-11-9/h2-3,5-6,13H,4,10H2,1H3. The molecule has 2 N–H and O–H groups in total. The number of hydrogen-bond acceptors (Lipinski definition) is 4. The van der Waals surface area contributed by atoms with Crippen molar-refractivity contribution in [1.82, 2.24) is 4.98 Å². The molecule has 0 fully saturated rings. The normalized spacial score (nSPS) is 10.6. The Kier molecular flexibility index (Phi) is 3.64. The van der Waals surface area contributed by atoms with E-state index in [-0.39, 0.29) is 0 Å². The number of anilines is 1. The van der Waals surface area contributed by atoms with Gasteiger partial charge in [0.1, 0.15) is 0 Å². The van der Waals surface area contributed by atoms with Gasteiger partial charge in [0.15, 0.2) is 0 Å². The molecule has 1 heterocycles. The maximum Gasteiger partial charge on any atom is 0.220 e. The molecular formula is C9H12N2OS. The molecule has 0 bridgehead atoms. The van der Waals surface area contributed by atoms with E-state index >= 15 is 0 Å². The predicted octanol–water partition coefficient (Wildman–Crippen LogP) is 1.62. The number of nitrogen functional groups attached to an aromatic ring is 1. The Hall–Kier alpha value is -1.16. The van der Waals surface area contributed by atoms with Crippen LogP contribution < -0.4 is 10.5 Å². The number of aromatic nitrogens is 1. The van der Waals surface area contributed by atoms with Gasteiger partial charge < -0.3 is 10.5 Å². The van der Waals surface area contributed by atoms with Crippen LogP contribution in [-0.4, -0.2) is 17.8 Å². The van der Waals surface area contributed by atoms with Gasteiger partial charge in [-0.05, 0) is 6.07 Å². The molecule has 0 aliphatic heterocycles. The summed E-state index contributed by atoms with van der Waals surface area (Å²) < 4.78 is 5.05. The Morgan fingerprint density at radius 1 is 1.69 bits per heavy atom. The zero-order chi connectivity index (χ0) is 9.68. The number of nitrogens with two attached hydrogens (primary N) is 1. The summed E-state index contributed by atoms with van der Waals surface area (Å²) >= 11 is 4.06. The first-order valence-corrected chi connectivity index (χ1v) is 4.48. The van der Waals surface area contributed by atoms with Gasteiger partial charge in [0, 0.05) is 11.3 Å². The lowest BCUT2D eigenvalue weighted by Gasteiger charge is -2.03. The molecule has 0 spiro atoms. The van der Waals surface area contributed by atoms with Gasteiger partial charge in [0.25, 0.3) is 0 Å². The van der Waals surface area contributed by atoms with Crippen LogP contribution in [0.4, 0.5) is 5.69 Å². The highest BCUT2D eigenvalue weighted by Gasteiger charge is 2.00. The summed E-state index contributed by atoms with van der Waals surface area (Å²) in [5.41, 5.74) is 7.08. The van der Waals surface area contributed by atoms with Crippen molar-refractivity contribution in [2.75, 3.05) is 18.6 Å². The van der Waals surface area contributed by atoms with E-state index in [1.165, 1.54) is 0 Å². The number of hydrogen-bond donors (Lipinski definition) is 2. The molecule has 70 valence electrons. The zero-order valence-corrected chi connectivity index (χ0v) is 8.29. The lowest BCUT2D eigenvalue weighted by Crippen LogP contribution is -1.93. The third-order valence-corrected chi connectivity index (χ3v) is 1.71. The summed E-state index contributed by atoms with van der Waals surface area (Å²) in [6.07, 6.45) is 5.36. The van der Waals surface area contributed by atoms with Crippen LogP contribution in [0.2, 0.25) is 0 Å². The van der Waals surface area contributed by atoms with E-state index in [1.807, 2.05) is 18.2 Å². The Morgan fingerprint density at radius 3 is 3.08 bits per heavy atom. The molecule has 3 nitrogen and oxygen atoms in total. The molecule has 0 unspecified atom stereocenters. The first kappa shape index (κ1) is 9.92. The fourth-order valence-electron chi connectivity index (χ4n) is 0.956. The number of rotatable bonds is 3. The number of ether oxygens (including phenoxy) is 1. The molecule has 0 aromatic carbocycles. The Balaban J connectivity index is 3.01. The Labute approximate surface area is 83.0 Å². The monoisotopic (exact) mass is 196 g/mol. The molecule has 0 atom stereocenters. The molecule has 13 heavy (non-hydrogen) atoms. The van der Waals surface area contributed by atoms with E-state index in [1.54, 1.807) is 13.3 Å². The molecule has 0 aliphatic rings. The fraction of sp³-hybridized carbons (Fsp3) is 0.222. The van der Waals surface area contributed by atoms with E-state index in [2.05, 4.69) is 17.6 Å². The molecule has 0 aliphatic carbocycles. The quantitative estimate of drug-likeness (QED) is 0.722. The minimum Gasteiger partial charge on any atom is -0.481 e. The number of methoxy groups -OCH3 is 1. The van der Waals surface area contributed by atoms with Gasteiger partial charge in [0.2, 0.25) is 5.88 Å². The van der Waals surface area contributed by atoms with E-state index in [4.69, 9.17) is 10.5 Å². The second-order valence-corrected chi connectivity index (χ2v) is 2.82. The maximum absolute atomic E-state index is 5.58. The van der Waals surface area contributed by atoms with Gasteiger partial charge in [-0.2, -0.15) is 12.6 Å². The molecule has 0 saturated carbocycles. The summed E-state index contributed by atoms with van der Waals surface area (Å²) in [5.74, 6) is 1.25. The third kappa shape index (κ3) is 2.66. The molecule has 1 aromatic heterocycles. The van der Waals surface area contributed by atoms with E-state index in [0.717, 1.165) is 5.56 Å². The van der Waals surface area contributed by atoms with Gasteiger partial charge in [-0.3, -0.25) is 0 Å². The number of nitrogens with zero attached hydrogens (tertiary/aromatic N) is 1. The first-order chi connectivity index (χ1) is 6.27. The minimum absolute atomic E-state index is 0.576. The molecular weight excluding hydrogens is 184 g/mol. The van der Waals surface area contributed by atoms with Crippen molar-refractivity contribution in [2.45, 2.75) is 0 Å². The second kappa shape index (κ2) is 4.77. The van der Waals surface area contributed by atoms with Crippen molar-refractivity contribution in [3.63, 3.8) is 0 Å². The molecule has 1 aromatic rings. The van der Waals surface area contributed by atoms with Crippen LogP contribution in [0.1, 0.15) is 5.56 Å². The molecule has 0 radical (unpaired) electrons. The lowest BCUT2D eigenvalue weighted by molar-refractivity contribution is 0.397. The number of pyridine rings is 1. The largest absolute Gasteiger partial charge is 0.481 e. The van der Waals surface area contributed by atoms with Crippen LogP contribution in [0, 0.1) is 0 Å². The Morgan fingerprint density at radius 2 is 2.46 bits per heavy atom. The minimum atomic E-state index is 0.576. The summed E-state index contributed by atoms with van der Waals surface area (Å²) in [5, 5.41) is 0. The topological polar surface area (TPSA) is 48.1 Å². The van der Waals surface area contributed by atoms with Crippen molar-refractivity contribution >= 4 is 24.4 Å². The van der Waals surface area contributed by atoms with Crippen molar-refractivity contribution in [3.8, 4) is 5.88 Å². The van der Waals surface area contributed by atoms with Gasteiger partial charge in [-0.25, -0.2) is 4.98 Å². The van der Waals surface area contributed by atoms with Crippen molar-refractivity contribution in [2.24, 2.45) is 0 Å². The van der Waals surface area contributed by atoms with E-state index in [0.29, 0.717) is 17.3 Å². The van der Waals surface area contributed by atoms with Crippen LogP contribution in [0.3, 0.4) is 0 Å². The molecule has 4 heteroatoms. The van der Waals surface area contributed by atoms with Crippen molar-refractivity contribution in [1.29, 1.82) is 0 Å². The van der Waals surface area contributed by atoms with Crippen LogP contribution in [0.15, 0.2) is 18.3 Å². The summed E-state index contributed by atoms with van der Waals surface area (Å²) in [4.78, 5) is 4.03. The van der Waals surface area contributed by atoms with Crippen LogP contribution in [0.5, 0.6) is 5.88 Å². The smallest absolute Gasteiger partial charge is 0.220 e. The van der Waals surface area contributed by atoms with E-state index < -0.39 is 0 Å². The van der Waals surface area contributed by atoms with Gasteiger partial charge in [0.05, 0.1) is 19.0 Å². The van der Waals surface area contributed by atoms with Gasteiger partial charge >= 0.3 is 0 Å². The predicted molar refractivity (Wildman–Crippen MR) is 58.1 cm³/mol. The second-order valence-electron chi connectivity index (χ2n) is 2.45. The average Bonchev–Trinajstić information content (AvgIpc) is 2.15. The first-order valence-electron chi connectivity index (χ1n) is 3.85. The number of thiol groups is 1. The highest BCUT2D eigenvalue weighted by Crippen LogP contribution is 2.18. The van der Waals surface area contributed by atoms with Crippen LogP contribution in [-0.2, 0) is 0 Å². The summed E-state index contributed by atoms with van der Waals surface area (Å²) in [7, 11) is 1.58. The van der Waals surface area contributed by atoms with Gasteiger partial charge in [-0.1, -0.05) is 12.2 Å². The third-order valence-electron chi connectivity index (χ3n) is 1.50. The SMILES string of the molecule is COc1ncc(N)cc1C=CCS. The average molecular weight is 196 g/mol. The summed E-state index contributed by atoms with van der Waals surface area (Å²) in [6.45, 7) is 0. The fourth-order valence-corrected chi connectivity index (χ4v) is 1.06. The maximum atomic E-state index is 5.58. The van der Waals surface area contributed by atoms with Crippen molar-refractivity contribution in [3.05, 3.63) is 23.9 Å². The van der Waals surface area contributed by atoms with Crippen molar-refractivity contribution < 1.29 is 4.74 Å². The molecule has 0 saturated heterocycles. The highest BCUT2D eigenvalue weighted by molar-refractivity contribution is 7.80. The molecule has 1 rings (SSSR count). The van der Waals surface area contributed by atoms with Crippen LogP contribution >= 0.6 is 12.6 Å². The Bertz CT molecular complexity index is 312. The van der Waals surface area contributed by atoms with E-state index in [9.17, 15) is 0 Å². The van der Waals surface area contributed by atoms with Crippen LogP contribution in [0.25, 0.3) is 6.08 Å². The zero-order valence-electron chi connectivity index (χ0n) is 7.40. The summed E-state index contributed by atoms with van der Waals surface area (Å²) in [6, 6.07) is 1.81. The highest BCUT2D eigenvalue weighted by atomic mass is 32.1. The molecule has 0 amide bonds.